The summed E-state index contributed by atoms with van der Waals surface area (Å²) in [5.74, 6) is -3.79. The molecular weight excluding hydrogens is 394 g/mol. The highest BCUT2D eigenvalue weighted by atomic mass is 32.2. The van der Waals surface area contributed by atoms with E-state index in [-0.39, 0.29) is 12.8 Å². The minimum absolute atomic E-state index is 0.189. The SMILES string of the molecule is CSCCC(N)C(=O)NC(CO)C(=O)NC(CCC(N)=O)C(=O)NCC(=O)O. The van der Waals surface area contributed by atoms with E-state index in [1.165, 1.54) is 11.8 Å². The van der Waals surface area contributed by atoms with Crippen molar-refractivity contribution in [3.8, 4) is 0 Å². The van der Waals surface area contributed by atoms with Crippen LogP contribution >= 0.6 is 11.8 Å². The lowest BCUT2D eigenvalue weighted by Crippen LogP contribution is -2.57. The number of rotatable bonds is 14. The lowest BCUT2D eigenvalue weighted by atomic mass is 10.1. The van der Waals surface area contributed by atoms with E-state index in [1.807, 2.05) is 6.26 Å². The third-order valence-corrected chi connectivity index (χ3v) is 4.16. The fourth-order valence-electron chi connectivity index (χ4n) is 1.96. The number of aliphatic hydroxyl groups excluding tert-OH is 1. The summed E-state index contributed by atoms with van der Waals surface area (Å²) in [6, 6.07) is -3.54. The number of hydrogen-bond donors (Lipinski definition) is 7. The highest BCUT2D eigenvalue weighted by Crippen LogP contribution is 2.01. The summed E-state index contributed by atoms with van der Waals surface area (Å²) < 4.78 is 0. The minimum atomic E-state index is -1.38. The van der Waals surface area contributed by atoms with Gasteiger partial charge in [-0.1, -0.05) is 0 Å². The number of carboxylic acids is 1. The van der Waals surface area contributed by atoms with E-state index < -0.39 is 60.9 Å². The third kappa shape index (κ3) is 10.7. The molecule has 0 aliphatic rings. The largest absolute Gasteiger partial charge is 0.480 e. The maximum absolute atomic E-state index is 12.3. The second-order valence-electron chi connectivity index (χ2n) is 5.81. The molecule has 0 radical (unpaired) electrons. The van der Waals surface area contributed by atoms with Gasteiger partial charge < -0.3 is 37.6 Å². The smallest absolute Gasteiger partial charge is 0.322 e. The topological polar surface area (TPSA) is 214 Å². The van der Waals surface area contributed by atoms with Gasteiger partial charge in [0.05, 0.1) is 12.6 Å². The first kappa shape index (κ1) is 25.6. The van der Waals surface area contributed by atoms with Crippen molar-refractivity contribution in [1.82, 2.24) is 16.0 Å². The summed E-state index contributed by atoms with van der Waals surface area (Å²) >= 11 is 1.49. The molecule has 0 spiro atoms. The maximum atomic E-state index is 12.3. The van der Waals surface area contributed by atoms with Gasteiger partial charge in [0.2, 0.25) is 23.6 Å². The van der Waals surface area contributed by atoms with Crippen molar-refractivity contribution in [3.05, 3.63) is 0 Å². The monoisotopic (exact) mass is 421 g/mol. The van der Waals surface area contributed by atoms with E-state index in [4.69, 9.17) is 16.6 Å². The lowest BCUT2D eigenvalue weighted by Gasteiger charge is -2.22. The van der Waals surface area contributed by atoms with E-state index in [0.717, 1.165) is 0 Å². The number of thioether (sulfide) groups is 1. The van der Waals surface area contributed by atoms with E-state index >= 15 is 0 Å². The molecule has 0 aromatic carbocycles. The van der Waals surface area contributed by atoms with Gasteiger partial charge in [-0.3, -0.25) is 24.0 Å². The first-order valence-electron chi connectivity index (χ1n) is 8.36. The van der Waals surface area contributed by atoms with Gasteiger partial charge in [0.15, 0.2) is 0 Å². The van der Waals surface area contributed by atoms with Crippen LogP contribution in [0.25, 0.3) is 0 Å². The Morgan fingerprint density at radius 2 is 1.61 bits per heavy atom. The molecule has 0 bridgehead atoms. The number of carbonyl (C=O) groups excluding carboxylic acids is 4. The third-order valence-electron chi connectivity index (χ3n) is 3.51. The number of aliphatic carboxylic acids is 1. The highest BCUT2D eigenvalue weighted by molar-refractivity contribution is 7.98. The number of aliphatic hydroxyl groups is 1. The summed E-state index contributed by atoms with van der Waals surface area (Å²) in [6.45, 7) is -1.45. The second kappa shape index (κ2) is 13.7. The Labute approximate surface area is 166 Å². The molecule has 3 atom stereocenters. The Kier molecular flexibility index (Phi) is 12.6. The zero-order valence-electron chi connectivity index (χ0n) is 15.5. The van der Waals surface area contributed by atoms with Crippen LogP contribution in [0.2, 0.25) is 0 Å². The predicted molar refractivity (Wildman–Crippen MR) is 101 cm³/mol. The van der Waals surface area contributed by atoms with Crippen LogP contribution in [0.1, 0.15) is 19.3 Å². The highest BCUT2D eigenvalue weighted by Gasteiger charge is 2.28. The summed E-state index contributed by atoms with van der Waals surface area (Å²) in [4.78, 5) is 57.8. The molecule has 13 heteroatoms. The van der Waals surface area contributed by atoms with Crippen LogP contribution in [-0.2, 0) is 24.0 Å². The number of nitrogens with one attached hydrogen (secondary N) is 3. The van der Waals surface area contributed by atoms with Gasteiger partial charge in [0.1, 0.15) is 18.6 Å². The maximum Gasteiger partial charge on any atom is 0.322 e. The fraction of sp³-hybridized carbons (Fsp3) is 0.667. The van der Waals surface area contributed by atoms with Crippen LogP contribution in [-0.4, -0.2) is 83.1 Å². The number of hydrogen-bond acceptors (Lipinski definition) is 8. The standard InChI is InChI=1S/C15H27N5O7S/c1-28-5-4-8(16)13(25)20-10(7-21)15(27)19-9(2-3-11(17)22)14(26)18-6-12(23)24/h8-10,21H,2-7,16H2,1H3,(H2,17,22)(H,18,26)(H,19,27)(H,20,25)(H,23,24). The van der Waals surface area contributed by atoms with Crippen LogP contribution in [0.3, 0.4) is 0 Å². The van der Waals surface area contributed by atoms with Crippen molar-refractivity contribution in [1.29, 1.82) is 0 Å². The van der Waals surface area contributed by atoms with Gasteiger partial charge in [-0.15, -0.1) is 0 Å². The van der Waals surface area contributed by atoms with Crippen LogP contribution in [0.4, 0.5) is 0 Å². The van der Waals surface area contributed by atoms with Crippen LogP contribution in [0.5, 0.6) is 0 Å². The molecule has 0 aromatic rings. The van der Waals surface area contributed by atoms with E-state index in [9.17, 15) is 29.1 Å². The molecule has 9 N–H and O–H groups in total. The van der Waals surface area contributed by atoms with Crippen molar-refractivity contribution in [2.45, 2.75) is 37.4 Å². The molecule has 0 aliphatic heterocycles. The Morgan fingerprint density at radius 1 is 1.00 bits per heavy atom. The summed E-state index contributed by atoms with van der Waals surface area (Å²) in [5.41, 5.74) is 10.7. The zero-order valence-corrected chi connectivity index (χ0v) is 16.3. The molecule has 3 unspecified atom stereocenters. The normalized spacial score (nSPS) is 13.7. The van der Waals surface area contributed by atoms with E-state index in [2.05, 4.69) is 16.0 Å². The van der Waals surface area contributed by atoms with Gasteiger partial charge in [-0.2, -0.15) is 11.8 Å². The van der Waals surface area contributed by atoms with Crippen LogP contribution in [0.15, 0.2) is 0 Å². The molecule has 0 saturated heterocycles. The quantitative estimate of drug-likeness (QED) is 0.148. The van der Waals surface area contributed by atoms with Crippen LogP contribution in [0, 0.1) is 0 Å². The molecule has 4 amide bonds. The molecule has 0 saturated carbocycles. The zero-order chi connectivity index (χ0) is 21.7. The van der Waals surface area contributed by atoms with Gasteiger partial charge in [-0.05, 0) is 24.9 Å². The molecule has 0 heterocycles. The molecule has 12 nitrogen and oxygen atoms in total. The number of amides is 4. The van der Waals surface area contributed by atoms with Gasteiger partial charge >= 0.3 is 5.97 Å². The Bertz CT molecular complexity index is 575. The van der Waals surface area contributed by atoms with Gasteiger partial charge in [-0.25, -0.2) is 0 Å². The summed E-state index contributed by atoms with van der Waals surface area (Å²) in [7, 11) is 0. The fourth-order valence-corrected chi connectivity index (χ4v) is 2.45. The summed E-state index contributed by atoms with van der Waals surface area (Å²) in [5, 5.41) is 24.6. The van der Waals surface area contributed by atoms with Crippen molar-refractivity contribution in [3.63, 3.8) is 0 Å². The second-order valence-corrected chi connectivity index (χ2v) is 6.80. The Balaban J connectivity index is 4.96. The molecule has 0 fully saturated rings. The van der Waals surface area contributed by atoms with Crippen molar-refractivity contribution in [2.75, 3.05) is 25.2 Å². The Hall–Kier alpha value is -2.38. The van der Waals surface area contributed by atoms with E-state index in [0.29, 0.717) is 12.2 Å². The van der Waals surface area contributed by atoms with Crippen molar-refractivity contribution < 1.29 is 34.2 Å². The van der Waals surface area contributed by atoms with E-state index in [1.54, 1.807) is 0 Å². The predicted octanol–water partition coefficient (Wildman–Crippen LogP) is -3.50. The first-order valence-corrected chi connectivity index (χ1v) is 9.75. The molecule has 28 heavy (non-hydrogen) atoms. The number of nitrogens with two attached hydrogens (primary N) is 2. The minimum Gasteiger partial charge on any atom is -0.480 e. The van der Waals surface area contributed by atoms with Crippen LogP contribution < -0.4 is 27.4 Å². The van der Waals surface area contributed by atoms with Gasteiger partial charge in [0, 0.05) is 6.42 Å². The van der Waals surface area contributed by atoms with Crippen molar-refractivity contribution >= 4 is 41.4 Å². The average Bonchev–Trinajstić information content (AvgIpc) is 2.64. The molecular formula is C15H27N5O7S. The number of primary amides is 1. The summed E-state index contributed by atoms with van der Waals surface area (Å²) in [6.07, 6.45) is 1.77. The number of carbonyl (C=O) groups is 5. The number of carboxylic acid groups (broad SMARTS) is 1. The molecule has 0 aliphatic carbocycles. The molecule has 0 aromatic heterocycles. The average molecular weight is 421 g/mol. The molecule has 0 rings (SSSR count). The lowest BCUT2D eigenvalue weighted by molar-refractivity contribution is -0.138. The van der Waals surface area contributed by atoms with Gasteiger partial charge in [0.25, 0.3) is 0 Å². The Morgan fingerprint density at radius 3 is 2.11 bits per heavy atom. The first-order chi connectivity index (χ1) is 13.1. The molecule has 160 valence electrons. The van der Waals surface area contributed by atoms with Crippen molar-refractivity contribution in [2.24, 2.45) is 11.5 Å².